The van der Waals surface area contributed by atoms with E-state index in [4.69, 9.17) is 0 Å². The highest BCUT2D eigenvalue weighted by molar-refractivity contribution is 5.98. The van der Waals surface area contributed by atoms with E-state index in [-0.39, 0.29) is 5.91 Å². The molecule has 0 saturated heterocycles. The molecule has 0 aliphatic carbocycles. The second-order valence-electron chi connectivity index (χ2n) is 7.25. The number of carbonyl (C=O) groups excluding carboxylic acids is 1. The molecule has 0 amide bonds. The molecular weight excluding hydrogens is 282 g/mol. The smallest absolute Gasteiger partial charge is 0.236 e. The van der Waals surface area contributed by atoms with Crippen molar-refractivity contribution in [1.82, 2.24) is 4.57 Å². The lowest BCUT2D eigenvalue weighted by atomic mass is 9.95. The van der Waals surface area contributed by atoms with Crippen LogP contribution in [-0.2, 0) is 0 Å². The summed E-state index contributed by atoms with van der Waals surface area (Å²) in [5.74, 6) is 0.159. The molecule has 124 valence electrons. The summed E-state index contributed by atoms with van der Waals surface area (Å²) >= 11 is 0. The van der Waals surface area contributed by atoms with Gasteiger partial charge in [0.2, 0.25) is 5.91 Å². The van der Waals surface area contributed by atoms with Crippen LogP contribution in [0.15, 0.2) is 36.4 Å². The van der Waals surface area contributed by atoms with Crippen LogP contribution >= 0.6 is 0 Å². The molecule has 23 heavy (non-hydrogen) atoms. The Hall–Kier alpha value is -1.83. The van der Waals surface area contributed by atoms with E-state index in [1.54, 1.807) is 0 Å². The van der Waals surface area contributed by atoms with Gasteiger partial charge in [0.05, 0.1) is 11.2 Å². The monoisotopic (exact) mass is 311 g/mol. The molecule has 0 N–H and O–H groups in total. The van der Waals surface area contributed by atoms with Crippen molar-refractivity contribution in [2.24, 2.45) is 5.41 Å². The van der Waals surface area contributed by atoms with Crippen LogP contribution in [0.5, 0.6) is 0 Å². The molecule has 0 unspecified atom stereocenters. The maximum atomic E-state index is 13.1. The fourth-order valence-electron chi connectivity index (χ4n) is 2.87. The van der Waals surface area contributed by atoms with Crippen LogP contribution in [0, 0.1) is 5.41 Å². The maximum Gasteiger partial charge on any atom is 0.236 e. The molecule has 1 aromatic carbocycles. The molecule has 2 aromatic rings. The van der Waals surface area contributed by atoms with Crippen molar-refractivity contribution in [2.45, 2.75) is 60.3 Å². The number of carbonyl (C=O) groups is 1. The normalized spacial score (nSPS) is 12.8. The molecule has 0 bridgehead atoms. The van der Waals surface area contributed by atoms with Gasteiger partial charge in [-0.05, 0) is 30.5 Å². The summed E-state index contributed by atoms with van der Waals surface area (Å²) in [4.78, 5) is 13.1. The van der Waals surface area contributed by atoms with Crippen LogP contribution in [0.2, 0.25) is 0 Å². The van der Waals surface area contributed by atoms with Crippen LogP contribution in [0.1, 0.15) is 70.8 Å². The lowest BCUT2D eigenvalue weighted by molar-refractivity contribution is 0.0771. The third-order valence-corrected chi connectivity index (χ3v) is 4.08. The Labute approximate surface area is 140 Å². The van der Waals surface area contributed by atoms with E-state index in [0.29, 0.717) is 0 Å². The third-order valence-electron chi connectivity index (χ3n) is 4.08. The van der Waals surface area contributed by atoms with Crippen LogP contribution in [0.25, 0.3) is 16.5 Å². The van der Waals surface area contributed by atoms with Gasteiger partial charge in [0.15, 0.2) is 0 Å². The van der Waals surface area contributed by atoms with E-state index < -0.39 is 5.41 Å². The number of fused-ring (bicyclic) bond motifs is 1. The van der Waals surface area contributed by atoms with Gasteiger partial charge < -0.3 is 0 Å². The van der Waals surface area contributed by atoms with Crippen molar-refractivity contribution >= 4 is 22.4 Å². The summed E-state index contributed by atoms with van der Waals surface area (Å²) in [6.45, 7) is 10.4. The minimum Gasteiger partial charge on any atom is -0.280 e. The molecule has 1 aromatic heterocycles. The number of benzene rings is 1. The summed E-state index contributed by atoms with van der Waals surface area (Å²) in [6, 6.07) is 10.4. The van der Waals surface area contributed by atoms with E-state index in [0.717, 1.165) is 42.3 Å². The van der Waals surface area contributed by atoms with Gasteiger partial charge in [-0.2, -0.15) is 0 Å². The van der Waals surface area contributed by atoms with Crippen LogP contribution in [-0.4, -0.2) is 10.5 Å². The summed E-state index contributed by atoms with van der Waals surface area (Å²) < 4.78 is 1.94. The number of nitrogens with zero attached hydrogens (tertiary/aromatic N) is 1. The second kappa shape index (κ2) is 7.16. The van der Waals surface area contributed by atoms with Crippen LogP contribution in [0.3, 0.4) is 0 Å². The summed E-state index contributed by atoms with van der Waals surface area (Å²) in [5.41, 5.74) is 2.98. The van der Waals surface area contributed by atoms with Crippen LogP contribution in [0.4, 0.5) is 0 Å². The van der Waals surface area contributed by atoms with Crippen LogP contribution < -0.4 is 0 Å². The van der Waals surface area contributed by atoms with E-state index in [1.165, 1.54) is 5.57 Å². The van der Waals surface area contributed by atoms with Gasteiger partial charge in [0.25, 0.3) is 0 Å². The average Bonchev–Trinajstić information content (AvgIpc) is 2.88. The highest BCUT2D eigenvalue weighted by atomic mass is 16.2. The van der Waals surface area contributed by atoms with Gasteiger partial charge in [0, 0.05) is 10.8 Å². The van der Waals surface area contributed by atoms with Gasteiger partial charge in [-0.3, -0.25) is 9.36 Å². The number of hydrogen-bond donors (Lipinski definition) is 0. The summed E-state index contributed by atoms with van der Waals surface area (Å²) in [6.07, 6.45) is 6.58. The first-order valence-electron chi connectivity index (χ1n) is 8.74. The van der Waals surface area contributed by atoms with Gasteiger partial charge in [-0.15, -0.1) is 0 Å². The maximum absolute atomic E-state index is 13.1. The van der Waals surface area contributed by atoms with Crippen molar-refractivity contribution in [1.29, 1.82) is 0 Å². The number of hydrogen-bond acceptors (Lipinski definition) is 1. The second-order valence-corrected chi connectivity index (χ2v) is 7.25. The third kappa shape index (κ3) is 3.74. The Morgan fingerprint density at radius 1 is 1.13 bits per heavy atom. The highest BCUT2D eigenvalue weighted by Gasteiger charge is 2.27. The largest absolute Gasteiger partial charge is 0.280 e. The number of para-hydroxylation sites is 1. The van der Waals surface area contributed by atoms with E-state index in [2.05, 4.69) is 32.1 Å². The first-order chi connectivity index (χ1) is 10.9. The van der Waals surface area contributed by atoms with Gasteiger partial charge >= 0.3 is 0 Å². The minimum absolute atomic E-state index is 0.159. The standard InChI is InChI=1S/C21H29NO/c1-6-8-12-16(11-7-2)19-15-17-13-9-10-14-18(17)22(19)20(23)21(3,4)5/h9-10,12-15H,6-8,11H2,1-5H3/b16-12+. The fraction of sp³-hybridized carbons (Fsp3) is 0.476. The van der Waals surface area contributed by atoms with Crippen molar-refractivity contribution in [3.05, 3.63) is 42.1 Å². The van der Waals surface area contributed by atoms with Crippen molar-refractivity contribution < 1.29 is 4.79 Å². The first-order valence-corrected chi connectivity index (χ1v) is 8.74. The quantitative estimate of drug-likeness (QED) is 0.634. The van der Waals surface area contributed by atoms with Crippen molar-refractivity contribution in [2.75, 3.05) is 0 Å². The van der Waals surface area contributed by atoms with Gasteiger partial charge in [-0.25, -0.2) is 0 Å². The molecule has 1 heterocycles. The molecule has 0 radical (unpaired) electrons. The van der Waals surface area contributed by atoms with Gasteiger partial charge in [-0.1, -0.05) is 71.7 Å². The Kier molecular flexibility index (Phi) is 5.46. The Morgan fingerprint density at radius 2 is 1.83 bits per heavy atom. The zero-order valence-corrected chi connectivity index (χ0v) is 15.1. The number of allylic oxidation sites excluding steroid dienone is 2. The van der Waals surface area contributed by atoms with E-state index in [1.807, 2.05) is 43.5 Å². The number of unbranched alkanes of at least 4 members (excludes halogenated alkanes) is 1. The summed E-state index contributed by atoms with van der Waals surface area (Å²) in [5, 5.41) is 1.14. The molecule has 0 aliphatic heterocycles. The molecular formula is C21H29NO. The molecule has 2 heteroatoms. The topological polar surface area (TPSA) is 22.0 Å². The van der Waals surface area contributed by atoms with Gasteiger partial charge in [0.1, 0.15) is 0 Å². The summed E-state index contributed by atoms with van der Waals surface area (Å²) in [7, 11) is 0. The first kappa shape index (κ1) is 17.5. The average molecular weight is 311 g/mol. The molecule has 0 atom stereocenters. The fourth-order valence-corrected chi connectivity index (χ4v) is 2.87. The molecule has 0 fully saturated rings. The Morgan fingerprint density at radius 3 is 2.43 bits per heavy atom. The minimum atomic E-state index is -0.404. The highest BCUT2D eigenvalue weighted by Crippen LogP contribution is 2.31. The lowest BCUT2D eigenvalue weighted by Crippen LogP contribution is -2.27. The number of rotatable bonds is 5. The molecule has 2 rings (SSSR count). The Balaban J connectivity index is 2.69. The Bertz CT molecular complexity index is 713. The predicted molar refractivity (Wildman–Crippen MR) is 99.8 cm³/mol. The molecule has 0 spiro atoms. The zero-order chi connectivity index (χ0) is 17.0. The molecule has 0 saturated carbocycles. The molecule has 0 aliphatic rings. The van der Waals surface area contributed by atoms with E-state index in [9.17, 15) is 4.79 Å². The zero-order valence-electron chi connectivity index (χ0n) is 15.1. The molecule has 2 nitrogen and oxygen atoms in total. The van der Waals surface area contributed by atoms with Crippen molar-refractivity contribution in [3.8, 4) is 0 Å². The number of aromatic nitrogens is 1. The van der Waals surface area contributed by atoms with Crippen molar-refractivity contribution in [3.63, 3.8) is 0 Å². The SMILES string of the molecule is CCC/C=C(\CCC)c1cc2ccccc2n1C(=O)C(C)(C)C. The lowest BCUT2D eigenvalue weighted by Gasteiger charge is -2.21. The van der Waals surface area contributed by atoms with E-state index >= 15 is 0 Å². The predicted octanol–water partition coefficient (Wildman–Crippen LogP) is 6.31.